The van der Waals surface area contributed by atoms with E-state index < -0.39 is 0 Å². The Morgan fingerprint density at radius 1 is 1.21 bits per heavy atom. The van der Waals surface area contributed by atoms with Crippen LogP contribution in [-0.4, -0.2) is 19.7 Å². The normalized spacial score (nSPS) is 10.3. The molecular weight excluding hydrogens is 318 g/mol. The molecule has 0 aliphatic rings. The van der Waals surface area contributed by atoms with Crippen LogP contribution in [0.25, 0.3) is 11.4 Å². The molecule has 1 aromatic carbocycles. The van der Waals surface area contributed by atoms with E-state index in [9.17, 15) is 0 Å². The maximum Gasteiger partial charge on any atom is 0.192 e. The second-order valence-electron chi connectivity index (χ2n) is 5.04. The van der Waals surface area contributed by atoms with Crippen molar-refractivity contribution in [2.45, 2.75) is 17.5 Å². The summed E-state index contributed by atoms with van der Waals surface area (Å²) in [7, 11) is 0. The van der Waals surface area contributed by atoms with E-state index in [1.165, 1.54) is 0 Å². The molecule has 3 rings (SSSR count). The van der Waals surface area contributed by atoms with E-state index in [0.717, 1.165) is 27.9 Å². The zero-order chi connectivity index (χ0) is 16.8. The number of rotatable bonds is 6. The van der Waals surface area contributed by atoms with E-state index in [0.29, 0.717) is 12.1 Å². The summed E-state index contributed by atoms with van der Waals surface area (Å²) in [5.74, 6) is 1.54. The first-order chi connectivity index (χ1) is 11.8. The van der Waals surface area contributed by atoms with Crippen LogP contribution in [0.2, 0.25) is 0 Å². The predicted octanol–water partition coefficient (Wildman–Crippen LogP) is 3.69. The summed E-state index contributed by atoms with van der Waals surface area (Å²) in [5.41, 5.74) is 2.73. The molecular formula is C18H15N5S. The van der Waals surface area contributed by atoms with Crippen molar-refractivity contribution in [3.63, 3.8) is 0 Å². The van der Waals surface area contributed by atoms with Gasteiger partial charge in [-0.2, -0.15) is 5.26 Å². The van der Waals surface area contributed by atoms with Gasteiger partial charge in [-0.15, -0.1) is 16.8 Å². The van der Waals surface area contributed by atoms with E-state index in [1.54, 1.807) is 24.2 Å². The molecule has 118 valence electrons. The number of nitrogens with zero attached hydrogens (tertiary/aromatic N) is 5. The average Bonchev–Trinajstić information content (AvgIpc) is 3.04. The molecule has 0 unspecified atom stereocenters. The molecule has 0 atom stereocenters. The number of thioether (sulfide) groups is 1. The fraction of sp³-hybridized carbons (Fsp3) is 0.111. The first-order valence-electron chi connectivity index (χ1n) is 7.38. The molecule has 2 heterocycles. The van der Waals surface area contributed by atoms with Gasteiger partial charge in [0.15, 0.2) is 11.0 Å². The van der Waals surface area contributed by atoms with Gasteiger partial charge in [0.2, 0.25) is 0 Å². The molecule has 0 radical (unpaired) electrons. The van der Waals surface area contributed by atoms with Crippen LogP contribution >= 0.6 is 11.8 Å². The van der Waals surface area contributed by atoms with Gasteiger partial charge in [0.05, 0.1) is 11.6 Å². The van der Waals surface area contributed by atoms with Crippen LogP contribution in [0.3, 0.4) is 0 Å². The Morgan fingerprint density at radius 2 is 2.04 bits per heavy atom. The highest BCUT2D eigenvalue weighted by atomic mass is 32.2. The van der Waals surface area contributed by atoms with Crippen molar-refractivity contribution in [2.24, 2.45) is 0 Å². The van der Waals surface area contributed by atoms with Crippen molar-refractivity contribution >= 4 is 11.8 Å². The minimum atomic E-state index is 0.632. The second-order valence-corrected chi connectivity index (χ2v) is 5.99. The minimum absolute atomic E-state index is 0.632. The van der Waals surface area contributed by atoms with Gasteiger partial charge in [-0.25, -0.2) is 0 Å². The molecule has 0 fully saturated rings. The Bertz CT molecular complexity index is 863. The Labute approximate surface area is 144 Å². The van der Waals surface area contributed by atoms with Gasteiger partial charge in [0.25, 0.3) is 0 Å². The van der Waals surface area contributed by atoms with Crippen molar-refractivity contribution < 1.29 is 0 Å². The van der Waals surface area contributed by atoms with Crippen molar-refractivity contribution in [1.82, 2.24) is 19.7 Å². The Morgan fingerprint density at radius 3 is 2.71 bits per heavy atom. The molecule has 0 amide bonds. The van der Waals surface area contributed by atoms with Crippen LogP contribution in [0.1, 0.15) is 11.1 Å². The quantitative estimate of drug-likeness (QED) is 0.508. The number of hydrogen-bond acceptors (Lipinski definition) is 5. The van der Waals surface area contributed by atoms with E-state index >= 15 is 0 Å². The van der Waals surface area contributed by atoms with Crippen molar-refractivity contribution in [1.29, 1.82) is 5.26 Å². The molecule has 0 saturated heterocycles. The topological polar surface area (TPSA) is 67.4 Å². The predicted molar refractivity (Wildman–Crippen MR) is 94.2 cm³/mol. The fourth-order valence-corrected chi connectivity index (χ4v) is 3.12. The highest BCUT2D eigenvalue weighted by Gasteiger charge is 2.13. The largest absolute Gasteiger partial charge is 0.298 e. The average molecular weight is 333 g/mol. The molecule has 24 heavy (non-hydrogen) atoms. The molecule has 0 saturated carbocycles. The van der Waals surface area contributed by atoms with Gasteiger partial charge in [-0.1, -0.05) is 30.0 Å². The van der Waals surface area contributed by atoms with Crippen molar-refractivity contribution in [3.8, 4) is 17.5 Å². The molecule has 0 spiro atoms. The zero-order valence-electron chi connectivity index (χ0n) is 13.0. The highest BCUT2D eigenvalue weighted by molar-refractivity contribution is 7.98. The Balaban J connectivity index is 1.81. The molecule has 0 aliphatic heterocycles. The van der Waals surface area contributed by atoms with Crippen LogP contribution in [0.4, 0.5) is 0 Å². The SMILES string of the molecule is C=CCn1c(SCc2ccc(C#N)cc2)nnc1-c1cccnc1. The summed E-state index contributed by atoms with van der Waals surface area (Å²) < 4.78 is 2.03. The number of pyridine rings is 1. The number of allylic oxidation sites excluding steroid dienone is 1. The first-order valence-corrected chi connectivity index (χ1v) is 8.36. The van der Waals surface area contributed by atoms with Crippen LogP contribution in [-0.2, 0) is 12.3 Å². The monoisotopic (exact) mass is 333 g/mol. The van der Waals surface area contributed by atoms with E-state index in [4.69, 9.17) is 5.26 Å². The summed E-state index contributed by atoms with van der Waals surface area (Å²) in [5, 5.41) is 18.3. The lowest BCUT2D eigenvalue weighted by Crippen LogP contribution is -2.00. The van der Waals surface area contributed by atoms with Gasteiger partial charge in [-0.05, 0) is 29.8 Å². The van der Waals surface area contributed by atoms with Crippen molar-refractivity contribution in [3.05, 3.63) is 72.6 Å². The first kappa shape index (κ1) is 16.0. The van der Waals surface area contributed by atoms with E-state index in [2.05, 4.69) is 27.8 Å². The Hall–Kier alpha value is -2.91. The summed E-state index contributed by atoms with van der Waals surface area (Å²) in [6.45, 7) is 4.45. The molecule has 6 heteroatoms. The minimum Gasteiger partial charge on any atom is -0.298 e. The van der Waals surface area contributed by atoms with Crippen molar-refractivity contribution in [2.75, 3.05) is 0 Å². The Kier molecular flexibility index (Phi) is 5.04. The summed E-state index contributed by atoms with van der Waals surface area (Å²) >= 11 is 1.61. The lowest BCUT2D eigenvalue weighted by Gasteiger charge is -2.07. The van der Waals surface area contributed by atoms with Crippen LogP contribution in [0.5, 0.6) is 0 Å². The third-order valence-electron chi connectivity index (χ3n) is 3.40. The van der Waals surface area contributed by atoms with Crippen LogP contribution in [0, 0.1) is 11.3 Å². The molecule has 0 bridgehead atoms. The van der Waals surface area contributed by atoms with Gasteiger partial charge < -0.3 is 0 Å². The van der Waals surface area contributed by atoms with E-state index in [1.807, 2.05) is 47.0 Å². The number of aromatic nitrogens is 4. The molecule has 5 nitrogen and oxygen atoms in total. The lowest BCUT2D eigenvalue weighted by atomic mass is 10.2. The summed E-state index contributed by atoms with van der Waals surface area (Å²) in [4.78, 5) is 4.14. The van der Waals surface area contributed by atoms with Gasteiger partial charge in [-0.3, -0.25) is 9.55 Å². The van der Waals surface area contributed by atoms with E-state index in [-0.39, 0.29) is 0 Å². The summed E-state index contributed by atoms with van der Waals surface area (Å²) in [6.07, 6.45) is 5.34. The van der Waals surface area contributed by atoms with Crippen LogP contribution in [0.15, 0.2) is 66.6 Å². The maximum atomic E-state index is 8.85. The van der Waals surface area contributed by atoms with Crippen LogP contribution < -0.4 is 0 Å². The number of nitriles is 1. The van der Waals surface area contributed by atoms with Gasteiger partial charge >= 0.3 is 0 Å². The molecule has 0 aliphatic carbocycles. The fourth-order valence-electron chi connectivity index (χ4n) is 2.22. The summed E-state index contributed by atoms with van der Waals surface area (Å²) in [6, 6.07) is 13.5. The number of hydrogen-bond donors (Lipinski definition) is 0. The lowest BCUT2D eigenvalue weighted by molar-refractivity contribution is 0.731. The smallest absolute Gasteiger partial charge is 0.192 e. The standard InChI is InChI=1S/C18H15N5S/c1-2-10-23-17(16-4-3-9-20-12-16)21-22-18(23)24-13-15-7-5-14(11-19)6-8-15/h2-9,12H,1,10,13H2. The maximum absolute atomic E-state index is 8.85. The zero-order valence-corrected chi connectivity index (χ0v) is 13.8. The van der Waals surface area contributed by atoms with Gasteiger partial charge in [0.1, 0.15) is 0 Å². The highest BCUT2D eigenvalue weighted by Crippen LogP contribution is 2.26. The second kappa shape index (κ2) is 7.57. The molecule has 0 N–H and O–H groups in total. The molecule has 3 aromatic rings. The third-order valence-corrected chi connectivity index (χ3v) is 4.44. The number of benzene rings is 1. The van der Waals surface area contributed by atoms with Gasteiger partial charge in [0, 0.05) is 30.3 Å². The third kappa shape index (κ3) is 3.53. The molecule has 2 aromatic heterocycles.